The van der Waals surface area contributed by atoms with Crippen molar-refractivity contribution in [2.75, 3.05) is 13.7 Å². The first-order valence-electron chi connectivity index (χ1n) is 11.0. The molecule has 12 heteroatoms. The molecule has 1 atom stereocenters. The number of sulfonamides is 1. The van der Waals surface area contributed by atoms with Gasteiger partial charge >= 0.3 is 0 Å². The number of aromatic nitrogens is 2. The van der Waals surface area contributed by atoms with E-state index < -0.39 is 27.4 Å². The normalized spacial score (nSPS) is 16.6. The zero-order valence-corrected chi connectivity index (χ0v) is 20.0. The Morgan fingerprint density at radius 2 is 1.80 bits per heavy atom. The molecule has 3 aromatic rings. The molecule has 1 saturated heterocycles. The number of rotatable bonds is 5. The van der Waals surface area contributed by atoms with Gasteiger partial charge in [0.1, 0.15) is 10.6 Å². The minimum absolute atomic E-state index is 0.00798. The number of benzene rings is 2. The fourth-order valence-corrected chi connectivity index (χ4v) is 5.99. The van der Waals surface area contributed by atoms with Crippen LogP contribution in [0.25, 0.3) is 10.8 Å². The molecule has 1 aromatic heterocycles. The molecule has 0 spiro atoms. The lowest BCUT2D eigenvalue weighted by molar-refractivity contribution is 0.0844. The maximum absolute atomic E-state index is 13.4. The predicted octanol–water partition coefficient (Wildman–Crippen LogP) is 1.57. The third-order valence-electron chi connectivity index (χ3n) is 5.96. The summed E-state index contributed by atoms with van der Waals surface area (Å²) >= 11 is 0. The summed E-state index contributed by atoms with van der Waals surface area (Å²) in [4.78, 5) is 37.2. The molecular weight excluding hydrogens is 474 g/mol. The zero-order chi connectivity index (χ0) is 25.2. The largest absolute Gasteiger partial charge is 0.495 e. The Morgan fingerprint density at radius 1 is 1.09 bits per heavy atom. The van der Waals surface area contributed by atoms with Crippen LogP contribution < -0.4 is 21.1 Å². The molecule has 2 amide bonds. The van der Waals surface area contributed by atoms with Gasteiger partial charge in [0.05, 0.1) is 12.5 Å². The molecule has 1 fully saturated rings. The van der Waals surface area contributed by atoms with Gasteiger partial charge in [0.15, 0.2) is 5.69 Å². The first-order valence-corrected chi connectivity index (χ1v) is 12.5. The van der Waals surface area contributed by atoms with Crippen molar-refractivity contribution in [2.45, 2.75) is 37.1 Å². The van der Waals surface area contributed by atoms with E-state index in [2.05, 4.69) is 21.0 Å². The summed E-state index contributed by atoms with van der Waals surface area (Å²) in [6.45, 7) is 2.24. The standard InChI is InChI=1S/C23H25N5O6S/c1-14-7-5-6-12-28(14)35(32,33)19-13-15(10-11-18(19)34-2)21(29)25-27-23(31)20-16-8-3-4-9-17(16)22(30)26-24-20/h3-4,8-11,13-14H,5-7,12H2,1-2H3,(H,25,29)(H,26,30)(H,27,31). The number of hydrogen-bond acceptors (Lipinski definition) is 7. The van der Waals surface area contributed by atoms with Crippen molar-refractivity contribution in [1.82, 2.24) is 25.4 Å². The van der Waals surface area contributed by atoms with Gasteiger partial charge in [0.2, 0.25) is 10.0 Å². The van der Waals surface area contributed by atoms with Crippen molar-refractivity contribution in [3.8, 4) is 5.75 Å². The Kier molecular flexibility index (Phi) is 6.85. The van der Waals surface area contributed by atoms with Crippen LogP contribution in [-0.2, 0) is 10.0 Å². The number of nitrogens with one attached hydrogen (secondary N) is 3. The number of hydrogen-bond donors (Lipinski definition) is 3. The highest BCUT2D eigenvalue weighted by atomic mass is 32.2. The number of nitrogens with zero attached hydrogens (tertiary/aromatic N) is 2. The predicted molar refractivity (Wildman–Crippen MR) is 127 cm³/mol. The number of fused-ring (bicyclic) bond motifs is 1. The van der Waals surface area contributed by atoms with E-state index in [0.717, 1.165) is 19.3 Å². The number of carbonyl (C=O) groups excluding carboxylic acids is 2. The monoisotopic (exact) mass is 499 g/mol. The number of carbonyl (C=O) groups is 2. The van der Waals surface area contributed by atoms with E-state index in [1.807, 2.05) is 6.92 Å². The second-order valence-electron chi connectivity index (χ2n) is 8.18. The van der Waals surface area contributed by atoms with Crippen LogP contribution in [0, 0.1) is 0 Å². The zero-order valence-electron chi connectivity index (χ0n) is 19.2. The number of aromatic amines is 1. The van der Waals surface area contributed by atoms with E-state index in [1.54, 1.807) is 24.3 Å². The Morgan fingerprint density at radius 3 is 2.51 bits per heavy atom. The van der Waals surface area contributed by atoms with Gasteiger partial charge in [-0.05, 0) is 44.0 Å². The second-order valence-corrected chi connectivity index (χ2v) is 10.0. The van der Waals surface area contributed by atoms with Crippen molar-refractivity contribution in [3.63, 3.8) is 0 Å². The smallest absolute Gasteiger partial charge is 0.290 e. The van der Waals surface area contributed by atoms with E-state index in [4.69, 9.17) is 4.74 Å². The first kappa shape index (κ1) is 24.4. The van der Waals surface area contributed by atoms with Gasteiger partial charge in [-0.25, -0.2) is 13.5 Å². The van der Waals surface area contributed by atoms with Crippen molar-refractivity contribution < 1.29 is 22.7 Å². The third-order valence-corrected chi connectivity index (χ3v) is 7.99. The molecule has 35 heavy (non-hydrogen) atoms. The van der Waals surface area contributed by atoms with E-state index in [-0.39, 0.29) is 33.3 Å². The van der Waals surface area contributed by atoms with Gasteiger partial charge in [0.25, 0.3) is 17.4 Å². The maximum Gasteiger partial charge on any atom is 0.290 e. The van der Waals surface area contributed by atoms with Gasteiger partial charge in [0, 0.05) is 23.5 Å². The number of amides is 2. The Balaban J connectivity index is 1.56. The molecule has 2 heterocycles. The van der Waals surface area contributed by atoms with Crippen LogP contribution in [-0.4, -0.2) is 54.4 Å². The number of ether oxygens (including phenoxy) is 1. The average molecular weight is 500 g/mol. The molecule has 2 aromatic carbocycles. The van der Waals surface area contributed by atoms with Crippen molar-refractivity contribution in [1.29, 1.82) is 0 Å². The minimum atomic E-state index is -3.92. The first-order chi connectivity index (χ1) is 16.7. The lowest BCUT2D eigenvalue weighted by Crippen LogP contribution is -2.43. The van der Waals surface area contributed by atoms with Gasteiger partial charge in [-0.1, -0.05) is 24.6 Å². The number of methoxy groups -OCH3 is 1. The third kappa shape index (κ3) is 4.75. The van der Waals surface area contributed by atoms with Crippen LogP contribution in [0.5, 0.6) is 5.75 Å². The summed E-state index contributed by atoms with van der Waals surface area (Å²) in [7, 11) is -2.56. The Bertz CT molecular complexity index is 1450. The molecule has 4 rings (SSSR count). The van der Waals surface area contributed by atoms with Crippen LogP contribution >= 0.6 is 0 Å². The summed E-state index contributed by atoms with van der Waals surface area (Å²) in [5, 5.41) is 6.62. The lowest BCUT2D eigenvalue weighted by Gasteiger charge is -2.32. The van der Waals surface area contributed by atoms with Crippen LogP contribution in [0.4, 0.5) is 0 Å². The number of hydrazine groups is 1. The molecule has 11 nitrogen and oxygen atoms in total. The van der Waals surface area contributed by atoms with Gasteiger partial charge in [-0.3, -0.25) is 25.2 Å². The molecule has 0 bridgehead atoms. The van der Waals surface area contributed by atoms with E-state index in [9.17, 15) is 22.8 Å². The van der Waals surface area contributed by atoms with E-state index in [0.29, 0.717) is 11.9 Å². The van der Waals surface area contributed by atoms with Gasteiger partial charge in [-0.2, -0.15) is 9.40 Å². The van der Waals surface area contributed by atoms with Crippen LogP contribution in [0.3, 0.4) is 0 Å². The van der Waals surface area contributed by atoms with E-state index in [1.165, 1.54) is 29.6 Å². The van der Waals surface area contributed by atoms with Gasteiger partial charge in [-0.15, -0.1) is 0 Å². The highest BCUT2D eigenvalue weighted by Crippen LogP contribution is 2.31. The molecule has 1 unspecified atom stereocenters. The van der Waals surface area contributed by atoms with Crippen molar-refractivity contribution in [2.24, 2.45) is 0 Å². The Labute approximate surface area is 201 Å². The molecule has 0 aliphatic carbocycles. The highest BCUT2D eigenvalue weighted by molar-refractivity contribution is 7.89. The number of H-pyrrole nitrogens is 1. The average Bonchev–Trinajstić information content (AvgIpc) is 2.87. The molecule has 0 radical (unpaired) electrons. The molecule has 184 valence electrons. The maximum atomic E-state index is 13.4. The summed E-state index contributed by atoms with van der Waals surface area (Å²) in [5.74, 6) is -1.38. The molecular formula is C23H25N5O6S. The van der Waals surface area contributed by atoms with E-state index >= 15 is 0 Å². The van der Waals surface area contributed by atoms with Gasteiger partial charge < -0.3 is 4.74 Å². The molecule has 1 aliphatic rings. The van der Waals surface area contributed by atoms with Crippen LogP contribution in [0.15, 0.2) is 52.2 Å². The Hall–Kier alpha value is -3.77. The topological polar surface area (TPSA) is 151 Å². The molecule has 1 aliphatic heterocycles. The molecule has 0 saturated carbocycles. The van der Waals surface area contributed by atoms with Crippen molar-refractivity contribution in [3.05, 3.63) is 64.1 Å². The fraction of sp³-hybridized carbons (Fsp3) is 0.304. The summed E-state index contributed by atoms with van der Waals surface area (Å²) in [5.41, 5.74) is 3.99. The van der Waals surface area contributed by atoms with Crippen LogP contribution in [0.1, 0.15) is 47.0 Å². The number of piperidine rings is 1. The lowest BCUT2D eigenvalue weighted by atomic mass is 10.1. The summed E-state index contributed by atoms with van der Waals surface area (Å²) in [6, 6.07) is 10.3. The second kappa shape index (κ2) is 9.84. The van der Waals surface area contributed by atoms with Crippen LogP contribution in [0.2, 0.25) is 0 Å². The summed E-state index contributed by atoms with van der Waals surface area (Å²) < 4.78 is 33.4. The quantitative estimate of drug-likeness (QED) is 0.451. The highest BCUT2D eigenvalue weighted by Gasteiger charge is 2.33. The molecule has 3 N–H and O–H groups in total. The SMILES string of the molecule is COc1ccc(C(=O)NNC(=O)c2n[nH]c(=O)c3ccccc23)cc1S(=O)(=O)N1CCCCC1C. The fourth-order valence-electron chi connectivity index (χ4n) is 4.11. The van der Waals surface area contributed by atoms with Crippen molar-refractivity contribution >= 4 is 32.6 Å². The summed E-state index contributed by atoms with van der Waals surface area (Å²) in [6.07, 6.45) is 2.46. The minimum Gasteiger partial charge on any atom is -0.495 e.